The summed E-state index contributed by atoms with van der Waals surface area (Å²) in [4.78, 5) is 8.27. The van der Waals surface area contributed by atoms with E-state index in [-0.39, 0.29) is 11.1 Å². The summed E-state index contributed by atoms with van der Waals surface area (Å²) in [6, 6.07) is 8.74. The van der Waals surface area contributed by atoms with Crippen LogP contribution in [0.3, 0.4) is 0 Å². The molecular formula is C24H28N6OS. The molecule has 0 amide bonds. The third-order valence-corrected chi connectivity index (χ3v) is 7.44. The fourth-order valence-electron chi connectivity index (χ4n) is 5.14. The number of piperidine rings is 1. The van der Waals surface area contributed by atoms with Crippen molar-refractivity contribution >= 4 is 16.5 Å². The minimum absolute atomic E-state index is 0.0783. The fourth-order valence-corrected chi connectivity index (χ4v) is 6.25. The number of fused-ring (bicyclic) bond motifs is 3. The molecule has 2 aromatic heterocycles. The van der Waals surface area contributed by atoms with E-state index in [4.69, 9.17) is 15.0 Å². The largest absolute Gasteiger partial charge is 0.472 e. The Bertz CT molecular complexity index is 1200. The summed E-state index contributed by atoms with van der Waals surface area (Å²) in [6.07, 6.45) is 5.43. The van der Waals surface area contributed by atoms with Gasteiger partial charge < -0.3 is 15.0 Å². The number of nitrogens with zero attached hydrogens (tertiary/aromatic N) is 5. The van der Waals surface area contributed by atoms with E-state index >= 15 is 0 Å². The number of ether oxygens (including phenoxy) is 1. The van der Waals surface area contributed by atoms with Crippen molar-refractivity contribution in [3.8, 4) is 28.1 Å². The van der Waals surface area contributed by atoms with Crippen LogP contribution >= 0.6 is 11.3 Å². The van der Waals surface area contributed by atoms with Crippen LogP contribution < -0.4 is 15.0 Å². The van der Waals surface area contributed by atoms with Gasteiger partial charge in [0.05, 0.1) is 17.4 Å². The highest BCUT2D eigenvalue weighted by atomic mass is 32.1. The van der Waals surface area contributed by atoms with Crippen LogP contribution in [0.4, 0.5) is 5.13 Å². The first-order chi connectivity index (χ1) is 15.1. The number of rotatable bonds is 3. The van der Waals surface area contributed by atoms with Gasteiger partial charge in [0.2, 0.25) is 5.88 Å². The summed E-state index contributed by atoms with van der Waals surface area (Å²) in [7, 11) is 2.15. The molecule has 0 unspecified atom stereocenters. The van der Waals surface area contributed by atoms with Gasteiger partial charge in [-0.2, -0.15) is 15.3 Å². The van der Waals surface area contributed by atoms with E-state index in [1.165, 1.54) is 0 Å². The van der Waals surface area contributed by atoms with Crippen molar-refractivity contribution < 1.29 is 4.74 Å². The molecule has 166 valence electrons. The molecule has 2 aliphatic heterocycles. The molecule has 5 rings (SSSR count). The molecule has 3 aromatic rings. The predicted molar refractivity (Wildman–Crippen MR) is 126 cm³/mol. The lowest BCUT2D eigenvalue weighted by molar-refractivity contribution is 0.161. The molecule has 0 aliphatic carbocycles. The van der Waals surface area contributed by atoms with E-state index in [1.807, 2.05) is 6.07 Å². The monoisotopic (exact) mass is 448 g/mol. The molecule has 0 radical (unpaired) electrons. The number of benzene rings is 1. The van der Waals surface area contributed by atoms with Crippen LogP contribution in [0.5, 0.6) is 5.88 Å². The Balaban J connectivity index is 1.44. The molecule has 4 heterocycles. The van der Waals surface area contributed by atoms with Crippen molar-refractivity contribution in [1.29, 1.82) is 5.26 Å². The van der Waals surface area contributed by atoms with Crippen LogP contribution in [0.2, 0.25) is 0 Å². The van der Waals surface area contributed by atoms with Crippen LogP contribution in [0.1, 0.15) is 51.7 Å². The molecule has 1 N–H and O–H groups in total. The van der Waals surface area contributed by atoms with Crippen LogP contribution in [0.15, 0.2) is 30.6 Å². The highest BCUT2D eigenvalue weighted by Gasteiger charge is 2.40. The zero-order chi connectivity index (χ0) is 22.7. The Labute approximate surface area is 192 Å². The molecule has 0 saturated carbocycles. The van der Waals surface area contributed by atoms with E-state index in [2.05, 4.69) is 68.3 Å². The number of nitriles is 1. The molecule has 7 nitrogen and oxygen atoms in total. The maximum Gasteiger partial charge on any atom is 0.234 e. The standard InChI is InChI=1S/C24H28N6OS/c1-23(2)9-18(10-24(3,4)28-23)29(5)22-27-21-20(32-22)19-7-6-17(8-16(19)14-31-21)30-13-15(11-25)12-26-30/h6-8,12-13,18,28H,9-10,14H2,1-5H3. The van der Waals surface area contributed by atoms with Crippen molar-refractivity contribution in [3.63, 3.8) is 0 Å². The molecule has 0 atom stereocenters. The molecule has 2 aliphatic rings. The van der Waals surface area contributed by atoms with E-state index in [0.717, 1.165) is 45.5 Å². The van der Waals surface area contributed by atoms with Gasteiger partial charge in [0.25, 0.3) is 0 Å². The lowest BCUT2D eigenvalue weighted by Gasteiger charge is -2.48. The fraction of sp³-hybridized carbons (Fsp3) is 0.458. The van der Waals surface area contributed by atoms with Crippen LogP contribution in [-0.2, 0) is 6.61 Å². The summed E-state index contributed by atoms with van der Waals surface area (Å²) in [6.45, 7) is 9.58. The first kappa shape index (κ1) is 21.0. The van der Waals surface area contributed by atoms with Crippen LogP contribution in [-0.4, -0.2) is 38.9 Å². The number of hydrogen-bond acceptors (Lipinski definition) is 7. The maximum atomic E-state index is 9.06. The topological polar surface area (TPSA) is 79.0 Å². The van der Waals surface area contributed by atoms with Gasteiger partial charge >= 0.3 is 0 Å². The summed E-state index contributed by atoms with van der Waals surface area (Å²) < 4.78 is 7.77. The summed E-state index contributed by atoms with van der Waals surface area (Å²) in [5.74, 6) is 0.718. The first-order valence-electron chi connectivity index (χ1n) is 10.9. The van der Waals surface area contributed by atoms with Gasteiger partial charge in [-0.1, -0.05) is 17.4 Å². The number of hydrogen-bond donors (Lipinski definition) is 1. The van der Waals surface area contributed by atoms with Gasteiger partial charge in [0, 0.05) is 41.5 Å². The predicted octanol–water partition coefficient (Wildman–Crippen LogP) is 4.51. The number of nitrogens with one attached hydrogen (secondary N) is 1. The summed E-state index contributed by atoms with van der Waals surface area (Å²) in [5, 5.41) is 18.1. The Morgan fingerprint density at radius 3 is 2.69 bits per heavy atom. The van der Waals surface area contributed by atoms with Gasteiger partial charge in [-0.15, -0.1) is 0 Å². The van der Waals surface area contributed by atoms with Crippen LogP contribution in [0, 0.1) is 11.3 Å². The number of aromatic nitrogens is 3. The van der Waals surface area contributed by atoms with Crippen molar-refractivity contribution in [2.24, 2.45) is 0 Å². The smallest absolute Gasteiger partial charge is 0.234 e. The molecule has 1 aromatic carbocycles. The third-order valence-electron chi connectivity index (χ3n) is 6.28. The third kappa shape index (κ3) is 3.76. The minimum Gasteiger partial charge on any atom is -0.472 e. The van der Waals surface area contributed by atoms with Crippen molar-refractivity contribution in [2.75, 3.05) is 11.9 Å². The lowest BCUT2D eigenvalue weighted by atomic mass is 9.79. The average Bonchev–Trinajstić information content (AvgIpc) is 3.37. The lowest BCUT2D eigenvalue weighted by Crippen LogP contribution is -2.61. The molecule has 0 bridgehead atoms. The molecule has 8 heteroatoms. The van der Waals surface area contributed by atoms with Gasteiger partial charge in [-0.25, -0.2) is 4.68 Å². The second-order valence-electron chi connectivity index (χ2n) is 10.1. The van der Waals surface area contributed by atoms with E-state index < -0.39 is 0 Å². The van der Waals surface area contributed by atoms with Crippen molar-refractivity contribution in [3.05, 3.63) is 41.7 Å². The highest BCUT2D eigenvalue weighted by Crippen LogP contribution is 2.45. The van der Waals surface area contributed by atoms with E-state index in [9.17, 15) is 0 Å². The van der Waals surface area contributed by atoms with Gasteiger partial charge in [-0.05, 0) is 52.7 Å². The first-order valence-corrected chi connectivity index (χ1v) is 11.7. The van der Waals surface area contributed by atoms with Gasteiger partial charge in [-0.3, -0.25) is 0 Å². The average molecular weight is 449 g/mol. The Kier molecular flexibility index (Phi) is 4.80. The van der Waals surface area contributed by atoms with Crippen molar-refractivity contribution in [2.45, 2.75) is 64.3 Å². The quantitative estimate of drug-likeness (QED) is 0.635. The SMILES string of the molecule is CN(c1nc2c(s1)-c1ccc(-n3cc(C#N)cn3)cc1CO2)C1CC(C)(C)NC(C)(C)C1. The molecule has 1 fully saturated rings. The second kappa shape index (κ2) is 7.32. The summed E-state index contributed by atoms with van der Waals surface area (Å²) >= 11 is 1.69. The zero-order valence-corrected chi connectivity index (χ0v) is 20.0. The van der Waals surface area contributed by atoms with Gasteiger partial charge in [0.15, 0.2) is 5.13 Å². The minimum atomic E-state index is 0.0783. The molecule has 0 spiro atoms. The van der Waals surface area contributed by atoms with E-state index in [1.54, 1.807) is 28.4 Å². The van der Waals surface area contributed by atoms with Crippen molar-refractivity contribution in [1.82, 2.24) is 20.1 Å². The van der Waals surface area contributed by atoms with E-state index in [0.29, 0.717) is 18.2 Å². The Morgan fingerprint density at radius 2 is 2.00 bits per heavy atom. The molecule has 1 saturated heterocycles. The van der Waals surface area contributed by atoms with Crippen LogP contribution in [0.25, 0.3) is 16.1 Å². The molecular weight excluding hydrogens is 420 g/mol. The molecule has 32 heavy (non-hydrogen) atoms. The maximum absolute atomic E-state index is 9.06. The Hall–Kier alpha value is -2.89. The highest BCUT2D eigenvalue weighted by molar-refractivity contribution is 7.19. The Morgan fingerprint density at radius 1 is 1.25 bits per heavy atom. The number of thiazole rings is 1. The second-order valence-corrected chi connectivity index (χ2v) is 11.1. The number of anilines is 1. The van der Waals surface area contributed by atoms with Gasteiger partial charge in [0.1, 0.15) is 17.6 Å². The zero-order valence-electron chi connectivity index (χ0n) is 19.1. The normalized spacial score (nSPS) is 18.9. The summed E-state index contributed by atoms with van der Waals surface area (Å²) in [5.41, 5.74) is 3.87.